The van der Waals surface area contributed by atoms with Gasteiger partial charge in [-0.3, -0.25) is 4.79 Å². The Kier molecular flexibility index (Phi) is 6.34. The SMILES string of the molecule is COC(=O)COc1ccc(-c2cc(=O)cc(N3CCOCC3)o2)c2c1Sc1ccccc1S2. The number of anilines is 1. The molecule has 9 heteroatoms. The van der Waals surface area contributed by atoms with Gasteiger partial charge in [0.15, 0.2) is 17.9 Å². The molecule has 0 unspecified atom stereocenters. The van der Waals surface area contributed by atoms with Crippen LogP contribution in [0.25, 0.3) is 11.3 Å². The molecule has 5 rings (SSSR count). The Labute approximate surface area is 199 Å². The average molecular weight is 484 g/mol. The highest BCUT2D eigenvalue weighted by molar-refractivity contribution is 8.05. The highest BCUT2D eigenvalue weighted by atomic mass is 32.2. The molecule has 2 aliphatic rings. The fourth-order valence-corrected chi connectivity index (χ4v) is 6.09. The fraction of sp³-hybridized carbons (Fsp3) is 0.250. The number of hydrogen-bond acceptors (Lipinski definition) is 9. The first-order chi connectivity index (χ1) is 16.1. The minimum atomic E-state index is -0.453. The summed E-state index contributed by atoms with van der Waals surface area (Å²) in [5.74, 6) is 1.16. The van der Waals surface area contributed by atoms with Crippen molar-refractivity contribution in [3.63, 3.8) is 0 Å². The van der Waals surface area contributed by atoms with Crippen LogP contribution in [0.1, 0.15) is 0 Å². The lowest BCUT2D eigenvalue weighted by molar-refractivity contribution is -0.142. The molecular weight excluding hydrogens is 462 g/mol. The van der Waals surface area contributed by atoms with E-state index in [0.717, 1.165) is 25.1 Å². The molecule has 2 aliphatic heterocycles. The first-order valence-corrected chi connectivity index (χ1v) is 12.1. The maximum atomic E-state index is 12.6. The number of ether oxygens (including phenoxy) is 3. The minimum absolute atomic E-state index is 0.119. The second-order valence-electron chi connectivity index (χ2n) is 7.38. The van der Waals surface area contributed by atoms with E-state index in [1.165, 1.54) is 19.2 Å². The van der Waals surface area contributed by atoms with E-state index in [4.69, 9.17) is 18.6 Å². The van der Waals surface area contributed by atoms with Crippen molar-refractivity contribution in [3.05, 3.63) is 58.8 Å². The zero-order valence-electron chi connectivity index (χ0n) is 17.9. The van der Waals surface area contributed by atoms with E-state index in [1.807, 2.05) is 29.2 Å². The summed E-state index contributed by atoms with van der Waals surface area (Å²) >= 11 is 3.16. The van der Waals surface area contributed by atoms with Crippen molar-refractivity contribution in [2.24, 2.45) is 0 Å². The molecule has 7 nitrogen and oxygen atoms in total. The summed E-state index contributed by atoms with van der Waals surface area (Å²) in [4.78, 5) is 30.2. The van der Waals surface area contributed by atoms with Crippen molar-refractivity contribution in [1.82, 2.24) is 0 Å². The molecule has 0 atom stereocenters. The van der Waals surface area contributed by atoms with E-state index in [1.54, 1.807) is 29.6 Å². The molecule has 0 radical (unpaired) electrons. The first-order valence-electron chi connectivity index (χ1n) is 10.4. The van der Waals surface area contributed by atoms with Crippen LogP contribution in [-0.2, 0) is 14.3 Å². The monoisotopic (exact) mass is 483 g/mol. The van der Waals surface area contributed by atoms with Crippen molar-refractivity contribution >= 4 is 35.4 Å². The van der Waals surface area contributed by atoms with E-state index in [2.05, 4.69) is 6.07 Å². The summed E-state index contributed by atoms with van der Waals surface area (Å²) in [6.45, 7) is 2.35. The molecule has 1 aromatic heterocycles. The molecule has 0 amide bonds. The van der Waals surface area contributed by atoms with Crippen molar-refractivity contribution in [2.45, 2.75) is 19.6 Å². The Balaban J connectivity index is 1.58. The number of hydrogen-bond donors (Lipinski definition) is 0. The van der Waals surface area contributed by atoms with E-state index >= 15 is 0 Å². The van der Waals surface area contributed by atoms with Crippen LogP contribution >= 0.6 is 23.5 Å². The van der Waals surface area contributed by atoms with Crippen LogP contribution in [0.2, 0.25) is 0 Å². The molecule has 170 valence electrons. The van der Waals surface area contributed by atoms with Crippen LogP contribution in [0.15, 0.2) is 77.3 Å². The van der Waals surface area contributed by atoms with Gasteiger partial charge >= 0.3 is 5.97 Å². The number of carbonyl (C=O) groups is 1. The van der Waals surface area contributed by atoms with Crippen LogP contribution < -0.4 is 15.1 Å². The van der Waals surface area contributed by atoms with Gasteiger partial charge in [-0.1, -0.05) is 35.7 Å². The van der Waals surface area contributed by atoms with Gasteiger partial charge in [0, 0.05) is 45.5 Å². The van der Waals surface area contributed by atoms with Gasteiger partial charge in [0.2, 0.25) is 0 Å². The Morgan fingerprint density at radius 3 is 2.48 bits per heavy atom. The van der Waals surface area contributed by atoms with Gasteiger partial charge in [-0.05, 0) is 24.3 Å². The van der Waals surface area contributed by atoms with Gasteiger partial charge in [-0.25, -0.2) is 4.79 Å². The molecule has 3 heterocycles. The molecule has 0 spiro atoms. The van der Waals surface area contributed by atoms with E-state index in [-0.39, 0.29) is 12.0 Å². The maximum Gasteiger partial charge on any atom is 0.343 e. The second-order valence-corrected chi connectivity index (χ2v) is 9.48. The first kappa shape index (κ1) is 21.9. The number of esters is 1. The molecule has 0 aliphatic carbocycles. The Bertz CT molecular complexity index is 1250. The zero-order chi connectivity index (χ0) is 22.8. The van der Waals surface area contributed by atoms with E-state index < -0.39 is 5.97 Å². The largest absolute Gasteiger partial charge is 0.481 e. The van der Waals surface area contributed by atoms with Gasteiger partial charge in [-0.2, -0.15) is 0 Å². The smallest absolute Gasteiger partial charge is 0.343 e. The summed E-state index contributed by atoms with van der Waals surface area (Å²) in [7, 11) is 1.33. The lowest BCUT2D eigenvalue weighted by Crippen LogP contribution is -2.36. The Morgan fingerprint density at radius 1 is 1.03 bits per heavy atom. The Morgan fingerprint density at radius 2 is 1.76 bits per heavy atom. The van der Waals surface area contributed by atoms with Gasteiger partial charge in [0.25, 0.3) is 0 Å². The van der Waals surface area contributed by atoms with Crippen LogP contribution in [0.3, 0.4) is 0 Å². The third-order valence-corrected chi connectivity index (χ3v) is 7.91. The number of methoxy groups -OCH3 is 1. The fourth-order valence-electron chi connectivity index (χ4n) is 3.62. The van der Waals surface area contributed by atoms with E-state index in [9.17, 15) is 9.59 Å². The second kappa shape index (κ2) is 9.54. The number of rotatable bonds is 5. The third kappa shape index (κ3) is 4.62. The predicted octanol–water partition coefficient (Wildman–Crippen LogP) is 4.31. The molecule has 0 N–H and O–H groups in total. The molecule has 0 bridgehead atoms. The highest BCUT2D eigenvalue weighted by Gasteiger charge is 2.26. The molecular formula is C24H21NO6S2. The number of morpholine rings is 1. The number of fused-ring (bicyclic) bond motifs is 2. The number of carbonyl (C=O) groups excluding carboxylic acids is 1. The molecule has 1 saturated heterocycles. The number of benzene rings is 2. The van der Waals surface area contributed by atoms with Crippen LogP contribution in [0, 0.1) is 0 Å². The van der Waals surface area contributed by atoms with Crippen LogP contribution in [0.4, 0.5) is 5.88 Å². The Hall–Kier alpha value is -2.88. The van der Waals surface area contributed by atoms with Crippen LogP contribution in [-0.4, -0.2) is 46.0 Å². The standard InChI is InChI=1S/C24H21NO6S2/c1-28-22(27)14-30-17-7-6-16(23-24(17)33-20-5-3-2-4-19(20)32-23)18-12-15(26)13-21(31-18)25-8-10-29-11-9-25/h2-7,12-13H,8-11,14H2,1H3. The summed E-state index contributed by atoms with van der Waals surface area (Å²) < 4.78 is 22.1. The molecule has 1 fully saturated rings. The lowest BCUT2D eigenvalue weighted by atomic mass is 10.1. The summed E-state index contributed by atoms with van der Waals surface area (Å²) in [6, 6.07) is 14.8. The summed E-state index contributed by atoms with van der Waals surface area (Å²) in [6.07, 6.45) is 0. The molecule has 0 saturated carbocycles. The topological polar surface area (TPSA) is 78.2 Å². The van der Waals surface area contributed by atoms with Crippen molar-refractivity contribution in [2.75, 3.05) is 44.9 Å². The zero-order valence-corrected chi connectivity index (χ0v) is 19.5. The third-order valence-electron chi connectivity index (χ3n) is 5.26. The van der Waals surface area contributed by atoms with Gasteiger partial charge in [0.1, 0.15) is 11.5 Å². The number of nitrogens with zero attached hydrogens (tertiary/aromatic N) is 1. The quantitative estimate of drug-likeness (QED) is 0.386. The lowest BCUT2D eigenvalue weighted by Gasteiger charge is -2.27. The average Bonchev–Trinajstić information content (AvgIpc) is 2.86. The van der Waals surface area contributed by atoms with Crippen molar-refractivity contribution in [3.8, 4) is 17.1 Å². The molecule has 2 aromatic carbocycles. The summed E-state index contributed by atoms with van der Waals surface area (Å²) in [5, 5.41) is 0. The van der Waals surface area contributed by atoms with Gasteiger partial charge in [0.05, 0.1) is 25.2 Å². The van der Waals surface area contributed by atoms with Crippen molar-refractivity contribution in [1.29, 1.82) is 0 Å². The predicted molar refractivity (Wildman–Crippen MR) is 126 cm³/mol. The molecule has 33 heavy (non-hydrogen) atoms. The van der Waals surface area contributed by atoms with Crippen molar-refractivity contribution < 1.29 is 23.4 Å². The van der Waals surface area contributed by atoms with Gasteiger partial charge in [-0.15, -0.1) is 0 Å². The van der Waals surface area contributed by atoms with E-state index in [0.29, 0.717) is 43.7 Å². The summed E-state index contributed by atoms with van der Waals surface area (Å²) in [5.41, 5.74) is 0.681. The maximum absolute atomic E-state index is 12.6. The highest BCUT2D eigenvalue weighted by Crippen LogP contribution is 2.54. The van der Waals surface area contributed by atoms with Crippen LogP contribution in [0.5, 0.6) is 5.75 Å². The van der Waals surface area contributed by atoms with Gasteiger partial charge < -0.3 is 23.5 Å². The normalized spacial score (nSPS) is 14.9. The minimum Gasteiger partial charge on any atom is -0.481 e. The molecule has 3 aromatic rings.